The van der Waals surface area contributed by atoms with Crippen LogP contribution in [0.25, 0.3) is 0 Å². The molecule has 0 aliphatic rings. The summed E-state index contributed by atoms with van der Waals surface area (Å²) in [4.78, 5) is 12.2. The fourth-order valence-corrected chi connectivity index (χ4v) is 1.89. The van der Waals surface area contributed by atoms with Crippen molar-refractivity contribution in [3.8, 4) is 12.1 Å². The second kappa shape index (κ2) is 5.76. The Labute approximate surface area is 121 Å². The Kier molecular flexibility index (Phi) is 3.87. The molecular formula is C14H12N6O. The van der Waals surface area contributed by atoms with Crippen molar-refractivity contribution in [2.24, 2.45) is 0 Å². The van der Waals surface area contributed by atoms with Crippen LogP contribution in [-0.2, 0) is 6.54 Å². The number of nitriles is 2. The molecule has 2 rings (SSSR count). The van der Waals surface area contributed by atoms with Crippen molar-refractivity contribution in [2.75, 3.05) is 11.1 Å². The smallest absolute Gasteiger partial charge is 0.276 e. The van der Waals surface area contributed by atoms with E-state index in [4.69, 9.17) is 16.3 Å². The van der Waals surface area contributed by atoms with Gasteiger partial charge < -0.3 is 11.1 Å². The number of aromatic nitrogens is 2. The van der Waals surface area contributed by atoms with Gasteiger partial charge in [0.25, 0.3) is 5.91 Å². The average molecular weight is 280 g/mol. The molecule has 0 saturated carbocycles. The molecule has 0 atom stereocenters. The molecule has 0 bridgehead atoms. The van der Waals surface area contributed by atoms with Gasteiger partial charge in [-0.05, 0) is 25.1 Å². The van der Waals surface area contributed by atoms with Crippen LogP contribution in [0.4, 0.5) is 11.4 Å². The molecule has 0 radical (unpaired) electrons. The third kappa shape index (κ3) is 2.67. The molecule has 0 fully saturated rings. The largest absolute Gasteiger partial charge is 0.396 e. The van der Waals surface area contributed by atoms with E-state index in [2.05, 4.69) is 10.4 Å². The first-order valence-electron chi connectivity index (χ1n) is 6.17. The second-order valence-electron chi connectivity index (χ2n) is 4.20. The minimum atomic E-state index is -0.416. The van der Waals surface area contributed by atoms with E-state index in [9.17, 15) is 4.79 Å². The number of anilines is 2. The van der Waals surface area contributed by atoms with Crippen LogP contribution in [-0.4, -0.2) is 15.7 Å². The van der Waals surface area contributed by atoms with Crippen molar-refractivity contribution in [3.63, 3.8) is 0 Å². The van der Waals surface area contributed by atoms with Crippen LogP contribution in [0.3, 0.4) is 0 Å². The normalized spacial score (nSPS) is 9.67. The number of nitrogen functional groups attached to an aromatic ring is 1. The van der Waals surface area contributed by atoms with Gasteiger partial charge in [0.05, 0.1) is 23.0 Å². The lowest BCUT2D eigenvalue weighted by Crippen LogP contribution is -2.19. The lowest BCUT2D eigenvalue weighted by molar-refractivity contribution is 0.101. The highest BCUT2D eigenvalue weighted by molar-refractivity contribution is 6.06. The van der Waals surface area contributed by atoms with Crippen LogP contribution in [0.2, 0.25) is 0 Å². The van der Waals surface area contributed by atoms with Gasteiger partial charge in [-0.25, -0.2) is 0 Å². The van der Waals surface area contributed by atoms with E-state index in [0.29, 0.717) is 12.2 Å². The first-order chi connectivity index (χ1) is 10.1. The summed E-state index contributed by atoms with van der Waals surface area (Å²) in [5, 5.41) is 24.5. The van der Waals surface area contributed by atoms with Gasteiger partial charge in [0.15, 0.2) is 0 Å². The van der Waals surface area contributed by atoms with Crippen molar-refractivity contribution in [3.05, 3.63) is 41.2 Å². The molecule has 1 aromatic carbocycles. The summed E-state index contributed by atoms with van der Waals surface area (Å²) >= 11 is 0. The molecule has 2 aromatic rings. The topological polar surface area (TPSA) is 121 Å². The number of benzene rings is 1. The number of hydrogen-bond donors (Lipinski definition) is 2. The molecule has 3 N–H and O–H groups in total. The number of nitrogens with zero attached hydrogens (tertiary/aromatic N) is 4. The van der Waals surface area contributed by atoms with Crippen LogP contribution >= 0.6 is 0 Å². The standard InChI is InChI=1S/C14H12N6O/c1-2-20-13(12(17)8-18-20)14(21)19-11-4-3-9(6-15)10(5-11)7-16/h3-5,8H,2,17H2,1H3,(H,19,21). The van der Waals surface area contributed by atoms with E-state index in [-0.39, 0.29) is 22.5 Å². The zero-order valence-electron chi connectivity index (χ0n) is 11.3. The third-order valence-electron chi connectivity index (χ3n) is 2.90. The summed E-state index contributed by atoms with van der Waals surface area (Å²) in [7, 11) is 0. The molecular weight excluding hydrogens is 268 g/mol. The SMILES string of the molecule is CCn1ncc(N)c1C(=O)Nc1ccc(C#N)c(C#N)c1. The number of nitrogens with two attached hydrogens (primary N) is 1. The number of carbonyl (C=O) groups excluding carboxylic acids is 1. The second-order valence-corrected chi connectivity index (χ2v) is 4.20. The van der Waals surface area contributed by atoms with Crippen molar-refractivity contribution >= 4 is 17.3 Å². The van der Waals surface area contributed by atoms with Crippen LogP contribution in [0.5, 0.6) is 0 Å². The zero-order valence-corrected chi connectivity index (χ0v) is 11.3. The average Bonchev–Trinajstić information content (AvgIpc) is 2.88. The Morgan fingerprint density at radius 2 is 2.10 bits per heavy atom. The van der Waals surface area contributed by atoms with Gasteiger partial charge in [-0.2, -0.15) is 15.6 Å². The molecule has 1 heterocycles. The van der Waals surface area contributed by atoms with E-state index in [1.807, 2.05) is 19.1 Å². The van der Waals surface area contributed by atoms with Crippen LogP contribution < -0.4 is 11.1 Å². The summed E-state index contributed by atoms with van der Waals surface area (Å²) in [5.41, 5.74) is 7.15. The maximum atomic E-state index is 12.2. The van der Waals surface area contributed by atoms with Crippen molar-refractivity contribution in [2.45, 2.75) is 13.5 Å². The van der Waals surface area contributed by atoms with Gasteiger partial charge >= 0.3 is 0 Å². The van der Waals surface area contributed by atoms with Crippen LogP contribution in [0.1, 0.15) is 28.5 Å². The summed E-state index contributed by atoms with van der Waals surface area (Å²) in [5.74, 6) is -0.416. The van der Waals surface area contributed by atoms with E-state index in [1.165, 1.54) is 23.0 Å². The molecule has 7 nitrogen and oxygen atoms in total. The summed E-state index contributed by atoms with van der Waals surface area (Å²) in [6, 6.07) is 8.31. The lowest BCUT2D eigenvalue weighted by Gasteiger charge is -2.08. The highest BCUT2D eigenvalue weighted by Gasteiger charge is 2.16. The molecule has 104 valence electrons. The predicted octanol–water partition coefficient (Wildman–Crippen LogP) is 1.48. The fourth-order valence-electron chi connectivity index (χ4n) is 1.89. The van der Waals surface area contributed by atoms with Gasteiger partial charge in [0.1, 0.15) is 17.8 Å². The number of rotatable bonds is 3. The number of carbonyl (C=O) groups is 1. The quantitative estimate of drug-likeness (QED) is 0.882. The zero-order chi connectivity index (χ0) is 15.4. The fraction of sp³-hybridized carbons (Fsp3) is 0.143. The van der Waals surface area contributed by atoms with Gasteiger partial charge in [-0.3, -0.25) is 9.48 Å². The first-order valence-corrected chi connectivity index (χ1v) is 6.17. The minimum absolute atomic E-state index is 0.201. The lowest BCUT2D eigenvalue weighted by atomic mass is 10.1. The Balaban J connectivity index is 2.31. The van der Waals surface area contributed by atoms with Crippen molar-refractivity contribution in [1.82, 2.24) is 9.78 Å². The highest BCUT2D eigenvalue weighted by atomic mass is 16.2. The third-order valence-corrected chi connectivity index (χ3v) is 2.90. The minimum Gasteiger partial charge on any atom is -0.396 e. The molecule has 0 spiro atoms. The maximum Gasteiger partial charge on any atom is 0.276 e. The first kappa shape index (κ1) is 14.1. The molecule has 0 aliphatic carbocycles. The Morgan fingerprint density at radius 1 is 1.38 bits per heavy atom. The van der Waals surface area contributed by atoms with Crippen molar-refractivity contribution < 1.29 is 4.79 Å². The monoisotopic (exact) mass is 280 g/mol. The molecule has 0 aliphatic heterocycles. The van der Waals surface area contributed by atoms with Crippen LogP contribution in [0.15, 0.2) is 24.4 Å². The number of aryl methyl sites for hydroxylation is 1. The van der Waals surface area contributed by atoms with E-state index in [0.717, 1.165) is 0 Å². The summed E-state index contributed by atoms with van der Waals surface area (Å²) in [6.45, 7) is 2.36. The Hall–Kier alpha value is -3.32. The Bertz CT molecular complexity index is 778. The van der Waals surface area contributed by atoms with Gasteiger partial charge in [-0.15, -0.1) is 0 Å². The molecule has 1 aromatic heterocycles. The summed E-state index contributed by atoms with van der Waals surface area (Å²) in [6.07, 6.45) is 1.41. The molecule has 21 heavy (non-hydrogen) atoms. The molecule has 0 saturated heterocycles. The number of amides is 1. The number of nitrogens with one attached hydrogen (secondary N) is 1. The number of hydrogen-bond acceptors (Lipinski definition) is 5. The van der Waals surface area contributed by atoms with Gasteiger partial charge in [-0.1, -0.05) is 0 Å². The van der Waals surface area contributed by atoms with E-state index < -0.39 is 5.91 Å². The van der Waals surface area contributed by atoms with Gasteiger partial charge in [0.2, 0.25) is 0 Å². The Morgan fingerprint density at radius 3 is 2.71 bits per heavy atom. The van der Waals surface area contributed by atoms with Crippen LogP contribution in [0, 0.1) is 22.7 Å². The van der Waals surface area contributed by atoms with E-state index >= 15 is 0 Å². The molecule has 0 unspecified atom stereocenters. The summed E-state index contributed by atoms with van der Waals surface area (Å²) < 4.78 is 1.49. The molecule has 1 amide bonds. The predicted molar refractivity (Wildman–Crippen MR) is 76.1 cm³/mol. The van der Waals surface area contributed by atoms with Crippen molar-refractivity contribution in [1.29, 1.82) is 10.5 Å². The van der Waals surface area contributed by atoms with Gasteiger partial charge in [0, 0.05) is 12.2 Å². The van der Waals surface area contributed by atoms with E-state index in [1.54, 1.807) is 6.07 Å². The maximum absolute atomic E-state index is 12.2. The highest BCUT2D eigenvalue weighted by Crippen LogP contribution is 2.17. The molecule has 7 heteroatoms.